The lowest BCUT2D eigenvalue weighted by Gasteiger charge is -2.23. The largest absolute Gasteiger partial charge is 0.334 e. The highest BCUT2D eigenvalue weighted by atomic mass is 16.2. The predicted octanol–water partition coefficient (Wildman–Crippen LogP) is 3.11. The van der Waals surface area contributed by atoms with E-state index in [1.54, 1.807) is 17.2 Å². The Kier molecular flexibility index (Phi) is 5.25. The summed E-state index contributed by atoms with van der Waals surface area (Å²) in [6, 6.07) is 9.50. The van der Waals surface area contributed by atoms with Gasteiger partial charge in [-0.25, -0.2) is 14.5 Å². The molecule has 0 radical (unpaired) electrons. The molecule has 2 heterocycles. The van der Waals surface area contributed by atoms with Gasteiger partial charge in [-0.3, -0.25) is 10.00 Å². The number of carbonyl (C=O) groups is 1. The number of rotatable bonds is 5. The lowest BCUT2D eigenvalue weighted by molar-refractivity contribution is 0.247. The second kappa shape index (κ2) is 7.61. The maximum atomic E-state index is 12.6. The van der Waals surface area contributed by atoms with Crippen molar-refractivity contribution in [3.8, 4) is 11.1 Å². The average molecular weight is 367 g/mol. The second-order valence-corrected chi connectivity index (χ2v) is 7.47. The van der Waals surface area contributed by atoms with Crippen molar-refractivity contribution < 1.29 is 4.79 Å². The number of hydrogen-bond acceptors (Lipinski definition) is 4. The third kappa shape index (κ3) is 4.52. The van der Waals surface area contributed by atoms with Gasteiger partial charge in [0.25, 0.3) is 0 Å². The van der Waals surface area contributed by atoms with E-state index in [4.69, 9.17) is 0 Å². The zero-order valence-electron chi connectivity index (χ0n) is 16.0. The first-order chi connectivity index (χ1) is 12.8. The van der Waals surface area contributed by atoms with E-state index in [1.165, 1.54) is 6.33 Å². The summed E-state index contributed by atoms with van der Waals surface area (Å²) in [7, 11) is 0. The van der Waals surface area contributed by atoms with Crippen molar-refractivity contribution in [2.75, 3.05) is 5.32 Å². The SMILES string of the molecule is CC(Cn1cncn1)NC(=O)Nc1c(-c2ccccc2)cnn1C(C)(C)C. The zero-order valence-corrected chi connectivity index (χ0v) is 16.0. The summed E-state index contributed by atoms with van der Waals surface area (Å²) in [5.41, 5.74) is 1.60. The van der Waals surface area contributed by atoms with Crippen LogP contribution in [0, 0.1) is 0 Å². The Bertz CT molecular complexity index is 879. The van der Waals surface area contributed by atoms with Crippen molar-refractivity contribution in [1.29, 1.82) is 0 Å². The number of carbonyl (C=O) groups excluding carboxylic acids is 1. The number of hydrogen-bond donors (Lipinski definition) is 2. The van der Waals surface area contributed by atoms with Gasteiger partial charge in [-0.15, -0.1) is 0 Å². The lowest BCUT2D eigenvalue weighted by Crippen LogP contribution is -2.39. The molecule has 2 N–H and O–H groups in total. The van der Waals surface area contributed by atoms with Gasteiger partial charge in [-0.05, 0) is 33.3 Å². The van der Waals surface area contributed by atoms with Crippen LogP contribution >= 0.6 is 0 Å². The summed E-state index contributed by atoms with van der Waals surface area (Å²) in [5.74, 6) is 0.666. The zero-order chi connectivity index (χ0) is 19.4. The molecular weight excluding hydrogens is 342 g/mol. The highest BCUT2D eigenvalue weighted by Crippen LogP contribution is 2.31. The van der Waals surface area contributed by atoms with Crippen molar-refractivity contribution in [3.05, 3.63) is 49.2 Å². The van der Waals surface area contributed by atoms with E-state index < -0.39 is 0 Å². The summed E-state index contributed by atoms with van der Waals surface area (Å²) < 4.78 is 3.51. The number of nitrogens with one attached hydrogen (secondary N) is 2. The van der Waals surface area contributed by atoms with Gasteiger partial charge in [-0.2, -0.15) is 10.2 Å². The van der Waals surface area contributed by atoms with Crippen LogP contribution in [0.25, 0.3) is 11.1 Å². The molecule has 0 saturated carbocycles. The molecule has 8 nitrogen and oxygen atoms in total. The Hall–Kier alpha value is -3.16. The van der Waals surface area contributed by atoms with Crippen molar-refractivity contribution in [1.82, 2.24) is 29.9 Å². The molecule has 8 heteroatoms. The number of amides is 2. The summed E-state index contributed by atoms with van der Waals surface area (Å²) in [6.45, 7) is 8.60. The molecule has 0 aliphatic carbocycles. The van der Waals surface area contributed by atoms with E-state index in [0.717, 1.165) is 11.1 Å². The number of anilines is 1. The molecule has 142 valence electrons. The van der Waals surface area contributed by atoms with Gasteiger partial charge in [0.2, 0.25) is 0 Å². The van der Waals surface area contributed by atoms with Gasteiger partial charge in [-0.1, -0.05) is 30.3 Å². The predicted molar refractivity (Wildman–Crippen MR) is 104 cm³/mol. The molecule has 1 unspecified atom stereocenters. The Morgan fingerprint density at radius 3 is 2.56 bits per heavy atom. The van der Waals surface area contributed by atoms with E-state index in [-0.39, 0.29) is 17.6 Å². The van der Waals surface area contributed by atoms with Gasteiger partial charge >= 0.3 is 6.03 Å². The Morgan fingerprint density at radius 1 is 1.19 bits per heavy atom. The minimum absolute atomic E-state index is 0.113. The van der Waals surface area contributed by atoms with Crippen molar-refractivity contribution in [2.45, 2.75) is 45.8 Å². The Balaban J connectivity index is 1.80. The topological polar surface area (TPSA) is 89.7 Å². The van der Waals surface area contributed by atoms with Crippen LogP contribution in [0.1, 0.15) is 27.7 Å². The first-order valence-electron chi connectivity index (χ1n) is 8.88. The minimum atomic E-state index is -0.286. The molecule has 1 aromatic carbocycles. The third-order valence-electron chi connectivity index (χ3n) is 4.03. The van der Waals surface area contributed by atoms with E-state index in [0.29, 0.717) is 12.4 Å². The molecule has 0 fully saturated rings. The molecule has 2 amide bonds. The molecule has 27 heavy (non-hydrogen) atoms. The summed E-state index contributed by atoms with van der Waals surface area (Å²) in [5, 5.41) is 14.5. The normalized spacial score (nSPS) is 12.6. The molecule has 0 spiro atoms. The maximum Gasteiger partial charge on any atom is 0.320 e. The van der Waals surface area contributed by atoms with Gasteiger partial charge in [0.1, 0.15) is 18.5 Å². The van der Waals surface area contributed by atoms with Gasteiger partial charge in [0, 0.05) is 11.6 Å². The number of benzene rings is 1. The lowest BCUT2D eigenvalue weighted by atomic mass is 10.1. The van der Waals surface area contributed by atoms with Crippen LogP contribution < -0.4 is 10.6 Å². The summed E-state index contributed by atoms with van der Waals surface area (Å²) in [4.78, 5) is 16.5. The fourth-order valence-electron chi connectivity index (χ4n) is 2.83. The molecule has 2 aromatic heterocycles. The summed E-state index contributed by atoms with van der Waals surface area (Å²) >= 11 is 0. The van der Waals surface area contributed by atoms with Crippen molar-refractivity contribution in [2.24, 2.45) is 0 Å². The maximum absolute atomic E-state index is 12.6. The van der Waals surface area contributed by atoms with Gasteiger partial charge in [0.15, 0.2) is 0 Å². The van der Waals surface area contributed by atoms with Crippen molar-refractivity contribution in [3.63, 3.8) is 0 Å². The molecule has 0 saturated heterocycles. The average Bonchev–Trinajstić information content (AvgIpc) is 3.24. The van der Waals surface area contributed by atoms with E-state index in [9.17, 15) is 4.79 Å². The smallest absolute Gasteiger partial charge is 0.320 e. The molecule has 3 rings (SSSR count). The van der Waals surface area contributed by atoms with Gasteiger partial charge in [0.05, 0.1) is 18.3 Å². The van der Waals surface area contributed by atoms with Crippen LogP contribution in [0.4, 0.5) is 10.6 Å². The standard InChI is InChI=1S/C19H25N7O/c1-14(11-25-13-20-12-22-25)23-18(27)24-17-16(15-8-6-5-7-9-15)10-21-26(17)19(2,3)4/h5-10,12-14H,11H2,1-4H3,(H2,23,24,27). The van der Waals surface area contributed by atoms with Gasteiger partial charge < -0.3 is 5.32 Å². The third-order valence-corrected chi connectivity index (χ3v) is 4.03. The number of aromatic nitrogens is 5. The van der Waals surface area contributed by atoms with E-state index >= 15 is 0 Å². The molecular formula is C19H25N7O. The highest BCUT2D eigenvalue weighted by molar-refractivity contribution is 5.93. The second-order valence-electron chi connectivity index (χ2n) is 7.47. The monoisotopic (exact) mass is 367 g/mol. The van der Waals surface area contributed by atoms with Crippen LogP contribution in [0.3, 0.4) is 0 Å². The van der Waals surface area contributed by atoms with E-state index in [1.807, 2.05) is 62.7 Å². The van der Waals surface area contributed by atoms with Crippen LogP contribution in [0.2, 0.25) is 0 Å². The first kappa shape index (κ1) is 18.6. The Morgan fingerprint density at radius 2 is 1.93 bits per heavy atom. The van der Waals surface area contributed by atoms with Crippen LogP contribution in [0.15, 0.2) is 49.2 Å². The molecule has 1 atom stereocenters. The van der Waals surface area contributed by atoms with Crippen LogP contribution in [-0.4, -0.2) is 36.6 Å². The highest BCUT2D eigenvalue weighted by Gasteiger charge is 2.23. The Labute approximate surface area is 158 Å². The van der Waals surface area contributed by atoms with Crippen molar-refractivity contribution >= 4 is 11.8 Å². The number of nitrogens with zero attached hydrogens (tertiary/aromatic N) is 5. The first-order valence-corrected chi connectivity index (χ1v) is 8.88. The fourth-order valence-corrected chi connectivity index (χ4v) is 2.83. The minimum Gasteiger partial charge on any atom is -0.334 e. The van der Waals surface area contributed by atoms with Crippen LogP contribution in [-0.2, 0) is 12.1 Å². The van der Waals surface area contributed by atoms with E-state index in [2.05, 4.69) is 25.8 Å². The molecule has 3 aromatic rings. The van der Waals surface area contributed by atoms with Crippen LogP contribution in [0.5, 0.6) is 0 Å². The molecule has 0 bridgehead atoms. The quantitative estimate of drug-likeness (QED) is 0.725. The number of urea groups is 1. The fraction of sp³-hybridized carbons (Fsp3) is 0.368. The molecule has 0 aliphatic rings. The summed E-state index contributed by atoms with van der Waals surface area (Å²) in [6.07, 6.45) is 4.88. The molecule has 0 aliphatic heterocycles.